The Morgan fingerprint density at radius 1 is 0.914 bits per heavy atom. The van der Waals surface area contributed by atoms with E-state index in [0.29, 0.717) is 11.5 Å². The first-order valence-corrected chi connectivity index (χ1v) is 12.1. The summed E-state index contributed by atoms with van der Waals surface area (Å²) in [5, 5.41) is 13.1. The quantitative estimate of drug-likeness (QED) is 0.458. The minimum absolute atomic E-state index is 0.182. The van der Waals surface area contributed by atoms with Gasteiger partial charge in [-0.05, 0) is 61.0 Å². The number of tetrazole rings is 1. The van der Waals surface area contributed by atoms with E-state index in [1.807, 2.05) is 28.9 Å². The summed E-state index contributed by atoms with van der Waals surface area (Å²) >= 11 is 0. The fraction of sp³-hybridized carbons (Fsp3) is 0.500. The van der Waals surface area contributed by atoms with Gasteiger partial charge in [0.25, 0.3) is 0 Å². The molecule has 0 unspecified atom stereocenters. The van der Waals surface area contributed by atoms with Gasteiger partial charge in [0.15, 0.2) is 17.3 Å². The fourth-order valence-electron chi connectivity index (χ4n) is 4.60. The number of ether oxygens (including phenoxy) is 3. The minimum Gasteiger partial charge on any atom is -0.497 e. The van der Waals surface area contributed by atoms with Gasteiger partial charge in [-0.15, -0.1) is 5.10 Å². The number of benzene rings is 2. The number of nitrogens with zero attached hydrogens (tertiary/aromatic N) is 6. The molecule has 9 heteroatoms. The lowest BCUT2D eigenvalue weighted by Gasteiger charge is -2.41. The molecule has 3 aromatic rings. The van der Waals surface area contributed by atoms with Gasteiger partial charge in [-0.25, -0.2) is 4.68 Å². The summed E-state index contributed by atoms with van der Waals surface area (Å²) in [5.41, 5.74) is 1.96. The highest BCUT2D eigenvalue weighted by Crippen LogP contribution is 2.41. The number of para-hydroxylation sites is 1. The van der Waals surface area contributed by atoms with Crippen molar-refractivity contribution in [3.63, 3.8) is 0 Å². The summed E-state index contributed by atoms with van der Waals surface area (Å²) in [6.07, 6.45) is 0.901. The van der Waals surface area contributed by atoms with E-state index in [1.165, 1.54) is 5.69 Å². The van der Waals surface area contributed by atoms with Crippen LogP contribution in [0.4, 0.5) is 5.69 Å². The Kier molecular flexibility index (Phi) is 7.45. The van der Waals surface area contributed by atoms with Gasteiger partial charge < -0.3 is 19.1 Å². The highest BCUT2D eigenvalue weighted by molar-refractivity contribution is 5.51. The fourth-order valence-corrected chi connectivity index (χ4v) is 4.60. The van der Waals surface area contributed by atoms with Crippen LogP contribution < -0.4 is 19.1 Å². The van der Waals surface area contributed by atoms with Gasteiger partial charge in [0.05, 0.1) is 26.9 Å². The van der Waals surface area contributed by atoms with E-state index >= 15 is 0 Å². The van der Waals surface area contributed by atoms with E-state index in [1.54, 1.807) is 21.3 Å². The average molecular weight is 481 g/mol. The molecule has 35 heavy (non-hydrogen) atoms. The van der Waals surface area contributed by atoms with Crippen molar-refractivity contribution < 1.29 is 14.2 Å². The number of aromatic nitrogens is 4. The summed E-state index contributed by atoms with van der Waals surface area (Å²) in [7, 11) is 5.03. The lowest BCUT2D eigenvalue weighted by atomic mass is 9.98. The zero-order valence-corrected chi connectivity index (χ0v) is 21.6. The van der Waals surface area contributed by atoms with Crippen molar-refractivity contribution >= 4 is 5.69 Å². The first-order valence-electron chi connectivity index (χ1n) is 12.1. The monoisotopic (exact) mass is 480 g/mol. The zero-order chi connectivity index (χ0) is 25.0. The second-order valence-corrected chi connectivity index (χ2v) is 9.32. The predicted octanol–water partition coefficient (Wildman–Crippen LogP) is 3.76. The van der Waals surface area contributed by atoms with Gasteiger partial charge >= 0.3 is 0 Å². The predicted molar refractivity (Wildman–Crippen MR) is 136 cm³/mol. The highest BCUT2D eigenvalue weighted by atomic mass is 16.5. The van der Waals surface area contributed by atoms with Crippen LogP contribution in [0.2, 0.25) is 0 Å². The molecule has 2 aromatic carbocycles. The van der Waals surface area contributed by atoms with Gasteiger partial charge in [-0.2, -0.15) is 0 Å². The first kappa shape index (κ1) is 24.8. The third-order valence-corrected chi connectivity index (χ3v) is 7.02. The standard InChI is InChI=1S/C26H36N6O3/c1-7-26(2,3)32-25(27-28-29-32)23(21-9-8-10-22(34-5)24(21)35-6)31-17-15-30(16-18-31)19-11-13-20(33-4)14-12-19/h8-14,23H,7,15-18H2,1-6H3/t23-/m0/s1. The van der Waals surface area contributed by atoms with Crippen molar-refractivity contribution in [2.45, 2.75) is 38.8 Å². The van der Waals surface area contributed by atoms with Crippen LogP contribution in [0.25, 0.3) is 0 Å². The number of anilines is 1. The highest BCUT2D eigenvalue weighted by Gasteiger charge is 2.36. The lowest BCUT2D eigenvalue weighted by Crippen LogP contribution is -2.49. The molecule has 0 bridgehead atoms. The van der Waals surface area contributed by atoms with E-state index in [9.17, 15) is 0 Å². The van der Waals surface area contributed by atoms with Crippen molar-refractivity contribution in [1.29, 1.82) is 0 Å². The summed E-state index contributed by atoms with van der Waals surface area (Å²) < 4.78 is 18.8. The summed E-state index contributed by atoms with van der Waals surface area (Å²) in [4.78, 5) is 4.83. The minimum atomic E-state index is -0.228. The van der Waals surface area contributed by atoms with Gasteiger partial charge in [-0.3, -0.25) is 4.90 Å². The Labute approximate surface area is 207 Å². The van der Waals surface area contributed by atoms with Crippen LogP contribution >= 0.6 is 0 Å². The Morgan fingerprint density at radius 2 is 1.63 bits per heavy atom. The third kappa shape index (κ3) is 4.91. The van der Waals surface area contributed by atoms with E-state index < -0.39 is 0 Å². The average Bonchev–Trinajstić information content (AvgIpc) is 3.39. The molecule has 0 N–H and O–H groups in total. The Balaban J connectivity index is 1.70. The van der Waals surface area contributed by atoms with E-state index in [4.69, 9.17) is 14.2 Å². The van der Waals surface area contributed by atoms with Crippen LogP contribution in [-0.4, -0.2) is 72.6 Å². The molecular weight excluding hydrogens is 444 g/mol. The maximum atomic E-state index is 5.85. The number of methoxy groups -OCH3 is 3. The third-order valence-electron chi connectivity index (χ3n) is 7.02. The molecule has 0 radical (unpaired) electrons. The van der Waals surface area contributed by atoms with Crippen LogP contribution in [0.5, 0.6) is 17.2 Å². The molecular formula is C26H36N6O3. The molecule has 0 spiro atoms. The SMILES string of the molecule is CCC(C)(C)n1nnnc1[C@H](c1cccc(OC)c1OC)N1CCN(c2ccc(OC)cc2)CC1. The van der Waals surface area contributed by atoms with Crippen molar-refractivity contribution in [2.24, 2.45) is 0 Å². The lowest BCUT2D eigenvalue weighted by molar-refractivity contribution is 0.183. The van der Waals surface area contributed by atoms with Crippen LogP contribution in [0.1, 0.15) is 44.6 Å². The maximum absolute atomic E-state index is 5.85. The van der Waals surface area contributed by atoms with E-state index in [2.05, 4.69) is 64.3 Å². The van der Waals surface area contributed by atoms with Gasteiger partial charge in [-0.1, -0.05) is 19.1 Å². The van der Waals surface area contributed by atoms with Gasteiger partial charge in [0.2, 0.25) is 0 Å². The Morgan fingerprint density at radius 3 is 2.23 bits per heavy atom. The summed E-state index contributed by atoms with van der Waals surface area (Å²) in [6, 6.07) is 14.1. The largest absolute Gasteiger partial charge is 0.497 e. The second-order valence-electron chi connectivity index (χ2n) is 9.32. The summed E-state index contributed by atoms with van der Waals surface area (Å²) in [5.74, 6) is 3.08. The van der Waals surface area contributed by atoms with E-state index in [0.717, 1.165) is 49.7 Å². The molecule has 4 rings (SSSR count). The van der Waals surface area contributed by atoms with E-state index in [-0.39, 0.29) is 11.6 Å². The van der Waals surface area contributed by atoms with Crippen molar-refractivity contribution in [3.8, 4) is 17.2 Å². The van der Waals surface area contributed by atoms with Gasteiger partial charge in [0.1, 0.15) is 11.8 Å². The number of hydrogen-bond donors (Lipinski definition) is 0. The number of rotatable bonds is 9. The summed E-state index contributed by atoms with van der Waals surface area (Å²) in [6.45, 7) is 9.93. The molecule has 0 amide bonds. The molecule has 1 atom stereocenters. The first-order chi connectivity index (χ1) is 16.9. The maximum Gasteiger partial charge on any atom is 0.173 e. The molecule has 9 nitrogen and oxygen atoms in total. The van der Waals surface area contributed by atoms with Crippen molar-refractivity contribution in [2.75, 3.05) is 52.4 Å². The zero-order valence-electron chi connectivity index (χ0n) is 21.6. The Hall–Kier alpha value is -3.33. The molecule has 1 saturated heterocycles. The van der Waals surface area contributed by atoms with Crippen LogP contribution in [-0.2, 0) is 5.54 Å². The normalized spacial score (nSPS) is 15.7. The smallest absolute Gasteiger partial charge is 0.173 e. The molecule has 0 aliphatic carbocycles. The Bertz CT molecular complexity index is 1110. The van der Waals surface area contributed by atoms with Crippen molar-refractivity contribution in [3.05, 3.63) is 53.9 Å². The topological polar surface area (TPSA) is 77.8 Å². The van der Waals surface area contributed by atoms with Crippen LogP contribution in [0.3, 0.4) is 0 Å². The number of hydrogen-bond acceptors (Lipinski definition) is 8. The molecule has 1 fully saturated rings. The number of piperazine rings is 1. The van der Waals surface area contributed by atoms with Crippen LogP contribution in [0.15, 0.2) is 42.5 Å². The molecule has 1 aromatic heterocycles. The van der Waals surface area contributed by atoms with Gasteiger partial charge in [0, 0.05) is 37.4 Å². The van der Waals surface area contributed by atoms with Crippen LogP contribution in [0, 0.1) is 0 Å². The second kappa shape index (κ2) is 10.5. The molecule has 1 aliphatic heterocycles. The molecule has 2 heterocycles. The van der Waals surface area contributed by atoms with Crippen molar-refractivity contribution in [1.82, 2.24) is 25.1 Å². The molecule has 1 aliphatic rings. The molecule has 0 saturated carbocycles. The molecule has 188 valence electrons.